The largest absolute Gasteiger partial charge is 0.338 e. The molecule has 0 aliphatic carbocycles. The smallest absolute Gasteiger partial charge is 0.314 e. The molecule has 0 heterocycles. The highest BCUT2D eigenvalue weighted by Crippen LogP contribution is 1.87. The van der Waals surface area contributed by atoms with E-state index in [4.69, 9.17) is 5.73 Å². The molecule has 0 aromatic heterocycles. The van der Waals surface area contributed by atoms with Crippen molar-refractivity contribution in [3.63, 3.8) is 0 Å². The molecule has 0 aromatic carbocycles. The van der Waals surface area contributed by atoms with E-state index in [-0.39, 0.29) is 12.1 Å². The van der Waals surface area contributed by atoms with Gasteiger partial charge in [-0.1, -0.05) is 13.3 Å². The minimum Gasteiger partial charge on any atom is -0.338 e. The summed E-state index contributed by atoms with van der Waals surface area (Å²) < 4.78 is 0. The van der Waals surface area contributed by atoms with Gasteiger partial charge in [-0.3, -0.25) is 0 Å². The summed E-state index contributed by atoms with van der Waals surface area (Å²) in [6, 6.07) is 0.0704. The summed E-state index contributed by atoms with van der Waals surface area (Å²) in [5.41, 5.74) is 5.36. The SMILES string of the molecule is CCCCNC(=O)NC(C)CCN. The fraction of sp³-hybridized carbons (Fsp3) is 0.889. The fourth-order valence-corrected chi connectivity index (χ4v) is 0.976. The Kier molecular flexibility index (Phi) is 7.39. The Morgan fingerprint density at radius 3 is 2.77 bits per heavy atom. The number of hydrogen-bond donors (Lipinski definition) is 3. The highest BCUT2D eigenvalue weighted by molar-refractivity contribution is 5.74. The average Bonchev–Trinajstić information content (AvgIpc) is 2.05. The molecular formula is C9H21N3O. The molecule has 0 rings (SSSR count). The maximum absolute atomic E-state index is 11.1. The molecule has 0 radical (unpaired) electrons. The van der Waals surface area contributed by atoms with Gasteiger partial charge in [0.25, 0.3) is 0 Å². The number of carbonyl (C=O) groups is 1. The van der Waals surface area contributed by atoms with Crippen molar-refractivity contribution in [1.29, 1.82) is 0 Å². The quantitative estimate of drug-likeness (QED) is 0.539. The lowest BCUT2D eigenvalue weighted by atomic mass is 10.2. The highest BCUT2D eigenvalue weighted by atomic mass is 16.2. The standard InChI is InChI=1S/C9H21N3O/c1-3-4-7-11-9(13)12-8(2)5-6-10/h8H,3-7,10H2,1-2H3,(H2,11,12,13). The summed E-state index contributed by atoms with van der Waals surface area (Å²) >= 11 is 0. The van der Waals surface area contributed by atoms with E-state index in [0.717, 1.165) is 25.8 Å². The molecule has 1 unspecified atom stereocenters. The zero-order valence-corrected chi connectivity index (χ0v) is 8.60. The second kappa shape index (κ2) is 7.86. The molecule has 0 fully saturated rings. The topological polar surface area (TPSA) is 67.2 Å². The molecule has 0 saturated carbocycles. The molecule has 4 heteroatoms. The van der Waals surface area contributed by atoms with E-state index in [0.29, 0.717) is 6.54 Å². The minimum atomic E-state index is -0.0885. The number of nitrogens with two attached hydrogens (primary N) is 1. The van der Waals surface area contributed by atoms with E-state index in [2.05, 4.69) is 17.6 Å². The Bertz CT molecular complexity index is 139. The van der Waals surface area contributed by atoms with Gasteiger partial charge in [0, 0.05) is 12.6 Å². The molecule has 2 amide bonds. The van der Waals surface area contributed by atoms with Gasteiger partial charge in [0.1, 0.15) is 0 Å². The predicted octanol–water partition coefficient (Wildman–Crippen LogP) is 0.823. The number of urea groups is 1. The lowest BCUT2D eigenvalue weighted by molar-refractivity contribution is 0.237. The molecule has 0 aliphatic rings. The number of nitrogens with one attached hydrogen (secondary N) is 2. The summed E-state index contributed by atoms with van der Waals surface area (Å²) in [4.78, 5) is 11.1. The lowest BCUT2D eigenvalue weighted by Crippen LogP contribution is -2.41. The van der Waals surface area contributed by atoms with Crippen LogP contribution in [0.3, 0.4) is 0 Å². The Hall–Kier alpha value is -0.770. The number of hydrogen-bond acceptors (Lipinski definition) is 2. The summed E-state index contributed by atoms with van der Waals surface area (Å²) in [5, 5.41) is 5.59. The third kappa shape index (κ3) is 7.59. The second-order valence-corrected chi connectivity index (χ2v) is 3.23. The van der Waals surface area contributed by atoms with Gasteiger partial charge in [-0.05, 0) is 26.3 Å². The van der Waals surface area contributed by atoms with Crippen LogP contribution in [0.5, 0.6) is 0 Å². The van der Waals surface area contributed by atoms with Crippen LogP contribution in [0, 0.1) is 0 Å². The molecule has 0 saturated heterocycles. The second-order valence-electron chi connectivity index (χ2n) is 3.23. The molecule has 0 aromatic rings. The number of amides is 2. The molecule has 1 atom stereocenters. The Morgan fingerprint density at radius 2 is 2.23 bits per heavy atom. The van der Waals surface area contributed by atoms with Crippen LogP contribution in [0.15, 0.2) is 0 Å². The first-order chi connectivity index (χ1) is 6.20. The minimum absolute atomic E-state index is 0.0885. The Labute approximate surface area is 80.3 Å². The summed E-state index contributed by atoms with van der Waals surface area (Å²) in [7, 11) is 0. The van der Waals surface area contributed by atoms with Crippen molar-refractivity contribution in [2.45, 2.75) is 39.2 Å². The molecule has 13 heavy (non-hydrogen) atoms. The number of rotatable bonds is 6. The van der Waals surface area contributed by atoms with Crippen LogP contribution < -0.4 is 16.4 Å². The monoisotopic (exact) mass is 187 g/mol. The third-order valence-electron chi connectivity index (χ3n) is 1.79. The Balaban J connectivity index is 3.38. The van der Waals surface area contributed by atoms with Crippen LogP contribution in [0.2, 0.25) is 0 Å². The summed E-state index contributed by atoms with van der Waals surface area (Å²) in [6.45, 7) is 5.40. The van der Waals surface area contributed by atoms with E-state index in [1.165, 1.54) is 0 Å². The average molecular weight is 187 g/mol. The van der Waals surface area contributed by atoms with Crippen molar-refractivity contribution in [1.82, 2.24) is 10.6 Å². The molecule has 4 N–H and O–H groups in total. The normalized spacial score (nSPS) is 12.2. The third-order valence-corrected chi connectivity index (χ3v) is 1.79. The fourth-order valence-electron chi connectivity index (χ4n) is 0.976. The van der Waals surface area contributed by atoms with Crippen molar-refractivity contribution in [3.05, 3.63) is 0 Å². The van der Waals surface area contributed by atoms with Crippen molar-refractivity contribution in [3.8, 4) is 0 Å². The van der Waals surface area contributed by atoms with Gasteiger partial charge in [0.05, 0.1) is 0 Å². The van der Waals surface area contributed by atoms with E-state index in [1.807, 2.05) is 6.92 Å². The Morgan fingerprint density at radius 1 is 1.54 bits per heavy atom. The summed E-state index contributed by atoms with van der Waals surface area (Å²) in [5.74, 6) is 0. The molecule has 0 aliphatic heterocycles. The van der Waals surface area contributed by atoms with Crippen molar-refractivity contribution < 1.29 is 4.79 Å². The van der Waals surface area contributed by atoms with Gasteiger partial charge in [-0.15, -0.1) is 0 Å². The van der Waals surface area contributed by atoms with Gasteiger partial charge in [-0.2, -0.15) is 0 Å². The van der Waals surface area contributed by atoms with Gasteiger partial charge in [0.15, 0.2) is 0 Å². The van der Waals surface area contributed by atoms with Crippen LogP contribution in [-0.2, 0) is 0 Å². The molecule has 0 bridgehead atoms. The number of unbranched alkanes of at least 4 members (excludes halogenated alkanes) is 1. The van der Waals surface area contributed by atoms with Crippen molar-refractivity contribution >= 4 is 6.03 Å². The molecule has 4 nitrogen and oxygen atoms in total. The van der Waals surface area contributed by atoms with Crippen molar-refractivity contribution in [2.24, 2.45) is 5.73 Å². The number of carbonyl (C=O) groups excluding carboxylic acids is 1. The molecule has 0 spiro atoms. The first-order valence-electron chi connectivity index (χ1n) is 4.95. The van der Waals surface area contributed by atoms with Gasteiger partial charge >= 0.3 is 6.03 Å². The first-order valence-corrected chi connectivity index (χ1v) is 4.95. The van der Waals surface area contributed by atoms with Gasteiger partial charge in [-0.25, -0.2) is 4.79 Å². The van der Waals surface area contributed by atoms with Crippen LogP contribution >= 0.6 is 0 Å². The zero-order chi connectivity index (χ0) is 10.1. The van der Waals surface area contributed by atoms with E-state index in [1.54, 1.807) is 0 Å². The van der Waals surface area contributed by atoms with E-state index < -0.39 is 0 Å². The maximum atomic E-state index is 11.1. The van der Waals surface area contributed by atoms with Crippen LogP contribution in [0.25, 0.3) is 0 Å². The van der Waals surface area contributed by atoms with Crippen molar-refractivity contribution in [2.75, 3.05) is 13.1 Å². The summed E-state index contributed by atoms with van der Waals surface area (Å²) in [6.07, 6.45) is 2.94. The lowest BCUT2D eigenvalue weighted by Gasteiger charge is -2.13. The molecular weight excluding hydrogens is 166 g/mol. The van der Waals surface area contributed by atoms with Gasteiger partial charge in [0.2, 0.25) is 0 Å². The first kappa shape index (κ1) is 12.2. The van der Waals surface area contributed by atoms with E-state index >= 15 is 0 Å². The molecule has 78 valence electrons. The van der Waals surface area contributed by atoms with Crippen LogP contribution in [0.4, 0.5) is 4.79 Å². The highest BCUT2D eigenvalue weighted by Gasteiger charge is 2.04. The van der Waals surface area contributed by atoms with Gasteiger partial charge < -0.3 is 16.4 Å². The maximum Gasteiger partial charge on any atom is 0.314 e. The van der Waals surface area contributed by atoms with Crippen LogP contribution in [0.1, 0.15) is 33.1 Å². The predicted molar refractivity (Wildman–Crippen MR) is 54.6 cm³/mol. The van der Waals surface area contributed by atoms with E-state index in [9.17, 15) is 4.79 Å². The van der Waals surface area contributed by atoms with Crippen LogP contribution in [-0.4, -0.2) is 25.2 Å². The zero-order valence-electron chi connectivity index (χ0n) is 8.60.